The molecule has 0 N–H and O–H groups in total. The van der Waals surface area contributed by atoms with E-state index in [2.05, 4.69) is 49.6 Å². The molecule has 1 saturated heterocycles. The minimum atomic E-state index is -0.421. The highest BCUT2D eigenvalue weighted by atomic mass is 16.1. The standard InChI is InChI=1S/C22H25NO/c1-4-15-23-19(17-11-7-5-8-12-17)16-20(24)22(2,3)21(23)18-13-9-6-10-14-18/h4-14,19,21H,1,15-16H2,2-3H3/t19-,21-/m0/s1. The number of ketones is 1. The molecule has 3 rings (SSSR count). The van der Waals surface area contributed by atoms with Crippen molar-refractivity contribution in [1.82, 2.24) is 4.90 Å². The fourth-order valence-corrected chi connectivity index (χ4v) is 3.91. The Labute approximate surface area is 144 Å². The lowest BCUT2D eigenvalue weighted by atomic mass is 9.69. The third kappa shape index (κ3) is 2.94. The second kappa shape index (κ2) is 6.74. The molecular weight excluding hydrogens is 294 g/mol. The van der Waals surface area contributed by atoms with E-state index in [1.807, 2.05) is 42.5 Å². The van der Waals surface area contributed by atoms with Crippen LogP contribution in [0.2, 0.25) is 0 Å². The Hall–Kier alpha value is -2.19. The first kappa shape index (κ1) is 16.7. The second-order valence-corrected chi connectivity index (χ2v) is 7.07. The molecule has 2 nitrogen and oxygen atoms in total. The first-order valence-corrected chi connectivity index (χ1v) is 8.55. The van der Waals surface area contributed by atoms with Crippen molar-refractivity contribution in [2.24, 2.45) is 5.41 Å². The highest BCUT2D eigenvalue weighted by Gasteiger charge is 2.48. The van der Waals surface area contributed by atoms with E-state index in [-0.39, 0.29) is 12.1 Å². The summed E-state index contributed by atoms with van der Waals surface area (Å²) in [6.07, 6.45) is 2.49. The molecule has 0 radical (unpaired) electrons. The van der Waals surface area contributed by atoms with Crippen LogP contribution in [0.15, 0.2) is 73.3 Å². The fraction of sp³-hybridized carbons (Fsp3) is 0.318. The van der Waals surface area contributed by atoms with Crippen molar-refractivity contribution >= 4 is 5.78 Å². The maximum absolute atomic E-state index is 13.0. The van der Waals surface area contributed by atoms with Gasteiger partial charge < -0.3 is 0 Å². The summed E-state index contributed by atoms with van der Waals surface area (Å²) in [7, 11) is 0. The second-order valence-electron chi connectivity index (χ2n) is 7.07. The van der Waals surface area contributed by atoms with Crippen molar-refractivity contribution in [2.75, 3.05) is 6.54 Å². The van der Waals surface area contributed by atoms with Crippen LogP contribution in [-0.4, -0.2) is 17.2 Å². The molecule has 2 atom stereocenters. The molecule has 2 heteroatoms. The Bertz CT molecular complexity index is 705. The molecule has 0 aliphatic carbocycles. The Morgan fingerprint density at radius 2 is 1.58 bits per heavy atom. The summed E-state index contributed by atoms with van der Waals surface area (Å²) in [4.78, 5) is 15.4. The first-order chi connectivity index (χ1) is 11.6. The largest absolute Gasteiger partial charge is 0.299 e. The van der Waals surface area contributed by atoms with Gasteiger partial charge in [0.05, 0.1) is 0 Å². The molecular formula is C22H25NO. The van der Waals surface area contributed by atoms with Gasteiger partial charge in [0.2, 0.25) is 0 Å². The van der Waals surface area contributed by atoms with Gasteiger partial charge in [0.1, 0.15) is 5.78 Å². The van der Waals surface area contributed by atoms with Gasteiger partial charge in [-0.3, -0.25) is 9.69 Å². The summed E-state index contributed by atoms with van der Waals surface area (Å²) in [5.74, 6) is 0.325. The molecule has 0 aromatic heterocycles. The molecule has 1 heterocycles. The average molecular weight is 319 g/mol. The Morgan fingerprint density at radius 1 is 1.04 bits per heavy atom. The van der Waals surface area contributed by atoms with Gasteiger partial charge in [0.25, 0.3) is 0 Å². The van der Waals surface area contributed by atoms with Crippen molar-refractivity contribution in [3.8, 4) is 0 Å². The van der Waals surface area contributed by atoms with Crippen molar-refractivity contribution in [3.63, 3.8) is 0 Å². The Morgan fingerprint density at radius 3 is 2.12 bits per heavy atom. The van der Waals surface area contributed by atoms with Crippen molar-refractivity contribution in [3.05, 3.63) is 84.4 Å². The number of nitrogens with zero attached hydrogens (tertiary/aromatic N) is 1. The molecule has 1 aliphatic rings. The molecule has 0 bridgehead atoms. The number of piperidine rings is 1. The zero-order chi connectivity index (χ0) is 17.2. The van der Waals surface area contributed by atoms with Crippen molar-refractivity contribution < 1.29 is 4.79 Å². The van der Waals surface area contributed by atoms with E-state index in [1.54, 1.807) is 0 Å². The van der Waals surface area contributed by atoms with Gasteiger partial charge >= 0.3 is 0 Å². The number of carbonyl (C=O) groups is 1. The molecule has 124 valence electrons. The monoisotopic (exact) mass is 319 g/mol. The van der Waals surface area contributed by atoms with Crippen LogP contribution in [0.4, 0.5) is 0 Å². The molecule has 1 fully saturated rings. The Kier molecular flexibility index (Phi) is 4.68. The zero-order valence-corrected chi connectivity index (χ0v) is 14.5. The smallest absolute Gasteiger partial charge is 0.142 e. The maximum atomic E-state index is 13.0. The zero-order valence-electron chi connectivity index (χ0n) is 14.5. The highest BCUT2D eigenvalue weighted by molar-refractivity contribution is 5.86. The van der Waals surface area contributed by atoms with E-state index in [9.17, 15) is 4.79 Å². The predicted molar refractivity (Wildman–Crippen MR) is 98.7 cm³/mol. The predicted octanol–water partition coefficient (Wildman–Crippen LogP) is 4.96. The van der Waals surface area contributed by atoms with Gasteiger partial charge in [-0.05, 0) is 11.1 Å². The van der Waals surface area contributed by atoms with E-state index in [0.29, 0.717) is 12.2 Å². The lowest BCUT2D eigenvalue weighted by molar-refractivity contribution is -0.140. The summed E-state index contributed by atoms with van der Waals surface area (Å²) in [6.45, 7) is 8.86. The topological polar surface area (TPSA) is 20.3 Å². The number of hydrogen-bond donors (Lipinski definition) is 0. The van der Waals surface area contributed by atoms with Gasteiger partial charge in [0.15, 0.2) is 0 Å². The SMILES string of the molecule is C=CCN1[C@@H](c2ccccc2)C(C)(C)C(=O)C[C@H]1c1ccccc1. The number of Topliss-reactive ketones (excluding diaryl/α,β-unsaturated/α-hetero) is 1. The summed E-state index contributed by atoms with van der Waals surface area (Å²) in [6, 6.07) is 20.9. The van der Waals surface area contributed by atoms with Crippen LogP contribution in [0.1, 0.15) is 43.5 Å². The van der Waals surface area contributed by atoms with Crippen molar-refractivity contribution in [1.29, 1.82) is 0 Å². The van der Waals surface area contributed by atoms with E-state index >= 15 is 0 Å². The van der Waals surface area contributed by atoms with E-state index < -0.39 is 5.41 Å². The number of benzene rings is 2. The summed E-state index contributed by atoms with van der Waals surface area (Å²) in [5.41, 5.74) is 1.97. The lowest BCUT2D eigenvalue weighted by Crippen LogP contribution is -2.50. The van der Waals surface area contributed by atoms with Gasteiger partial charge in [-0.15, -0.1) is 6.58 Å². The highest BCUT2D eigenvalue weighted by Crippen LogP contribution is 2.49. The average Bonchev–Trinajstić information content (AvgIpc) is 2.60. The van der Waals surface area contributed by atoms with Crippen LogP contribution in [0.25, 0.3) is 0 Å². The quantitative estimate of drug-likeness (QED) is 0.743. The number of carbonyl (C=O) groups excluding carboxylic acids is 1. The third-order valence-electron chi connectivity index (χ3n) is 5.15. The number of rotatable bonds is 4. The molecule has 1 aliphatic heterocycles. The van der Waals surface area contributed by atoms with Gasteiger partial charge in [-0.2, -0.15) is 0 Å². The van der Waals surface area contributed by atoms with Gasteiger partial charge in [0, 0.05) is 30.5 Å². The van der Waals surface area contributed by atoms with Crippen LogP contribution < -0.4 is 0 Å². The summed E-state index contributed by atoms with van der Waals surface area (Å²) in [5, 5.41) is 0. The van der Waals surface area contributed by atoms with Crippen molar-refractivity contribution in [2.45, 2.75) is 32.4 Å². The first-order valence-electron chi connectivity index (χ1n) is 8.55. The molecule has 24 heavy (non-hydrogen) atoms. The Balaban J connectivity index is 2.10. The van der Waals surface area contributed by atoms with Crippen LogP contribution in [0.3, 0.4) is 0 Å². The molecule has 0 amide bonds. The van der Waals surface area contributed by atoms with Gasteiger partial charge in [-0.1, -0.05) is 80.6 Å². The molecule has 0 saturated carbocycles. The van der Waals surface area contributed by atoms with E-state index in [1.165, 1.54) is 11.1 Å². The van der Waals surface area contributed by atoms with Crippen LogP contribution >= 0.6 is 0 Å². The molecule has 2 aromatic rings. The minimum Gasteiger partial charge on any atom is -0.299 e. The van der Waals surface area contributed by atoms with Gasteiger partial charge in [-0.25, -0.2) is 0 Å². The third-order valence-corrected chi connectivity index (χ3v) is 5.15. The van der Waals surface area contributed by atoms with Crippen LogP contribution in [0, 0.1) is 5.41 Å². The minimum absolute atomic E-state index is 0.0446. The molecule has 0 spiro atoms. The normalized spacial score (nSPS) is 23.8. The summed E-state index contributed by atoms with van der Waals surface area (Å²) < 4.78 is 0. The maximum Gasteiger partial charge on any atom is 0.142 e. The van der Waals surface area contributed by atoms with Crippen LogP contribution in [0.5, 0.6) is 0 Å². The molecule has 2 aromatic carbocycles. The molecule has 0 unspecified atom stereocenters. The van der Waals surface area contributed by atoms with E-state index in [4.69, 9.17) is 0 Å². The summed E-state index contributed by atoms with van der Waals surface area (Å²) >= 11 is 0. The lowest BCUT2D eigenvalue weighted by Gasteiger charge is -2.50. The fourth-order valence-electron chi connectivity index (χ4n) is 3.91. The van der Waals surface area contributed by atoms with E-state index in [0.717, 1.165) is 6.54 Å². The number of likely N-dealkylation sites (tertiary alicyclic amines) is 1. The van der Waals surface area contributed by atoms with Crippen LogP contribution in [-0.2, 0) is 4.79 Å². The number of hydrogen-bond acceptors (Lipinski definition) is 2.